The fourth-order valence-corrected chi connectivity index (χ4v) is 3.32. The van der Waals surface area contributed by atoms with Crippen LogP contribution in [0.3, 0.4) is 0 Å². The van der Waals surface area contributed by atoms with E-state index in [2.05, 4.69) is 33.7 Å². The van der Waals surface area contributed by atoms with Crippen LogP contribution in [0.4, 0.5) is 5.69 Å². The first-order valence-corrected chi connectivity index (χ1v) is 9.09. The van der Waals surface area contributed by atoms with Gasteiger partial charge >= 0.3 is 0 Å². The third-order valence-electron chi connectivity index (χ3n) is 4.85. The zero-order chi connectivity index (χ0) is 17.5. The minimum Gasteiger partial charge on any atom is -0.373 e. The molecule has 0 aromatic heterocycles. The zero-order valence-corrected chi connectivity index (χ0v) is 14.9. The molecule has 2 aromatic carbocycles. The third-order valence-corrected chi connectivity index (χ3v) is 4.85. The maximum atomic E-state index is 12.5. The van der Waals surface area contributed by atoms with Crippen molar-refractivity contribution in [3.8, 4) is 0 Å². The minimum atomic E-state index is 0.00656. The number of likely N-dealkylation sites (N-methyl/N-ethyl adjacent to an activating group) is 1. The summed E-state index contributed by atoms with van der Waals surface area (Å²) in [5.41, 5.74) is 3.18. The van der Waals surface area contributed by atoms with Crippen molar-refractivity contribution in [1.82, 2.24) is 10.6 Å². The van der Waals surface area contributed by atoms with Crippen molar-refractivity contribution in [2.75, 3.05) is 38.1 Å². The van der Waals surface area contributed by atoms with Gasteiger partial charge in [-0.15, -0.1) is 0 Å². The predicted octanol–water partition coefficient (Wildman–Crippen LogP) is 3.02. The van der Waals surface area contributed by atoms with Crippen LogP contribution in [0.15, 0.2) is 54.6 Å². The van der Waals surface area contributed by atoms with Crippen LogP contribution in [0.1, 0.15) is 34.7 Å². The fourth-order valence-electron chi connectivity index (χ4n) is 3.32. The summed E-state index contributed by atoms with van der Waals surface area (Å²) < 4.78 is 0. The smallest absolute Gasteiger partial charge is 0.251 e. The van der Waals surface area contributed by atoms with Crippen molar-refractivity contribution < 1.29 is 4.79 Å². The standard InChI is InChI=1S/C21H27N3O/c1-24(20-10-3-2-4-11-20)14-13-23-21(25)18-8-5-7-17(15-18)19-9-6-12-22-16-19/h2-5,7-8,10-11,15,19,22H,6,9,12-14,16H2,1H3,(H,23,25)/t19-/m1/s1. The van der Waals surface area contributed by atoms with Gasteiger partial charge in [-0.3, -0.25) is 4.79 Å². The third kappa shape index (κ3) is 4.83. The van der Waals surface area contributed by atoms with Gasteiger partial charge in [0.25, 0.3) is 5.91 Å². The van der Waals surface area contributed by atoms with Gasteiger partial charge in [-0.1, -0.05) is 30.3 Å². The van der Waals surface area contributed by atoms with Gasteiger partial charge in [-0.2, -0.15) is 0 Å². The van der Waals surface area contributed by atoms with E-state index in [1.54, 1.807) is 0 Å². The van der Waals surface area contributed by atoms with Crippen molar-refractivity contribution >= 4 is 11.6 Å². The van der Waals surface area contributed by atoms with E-state index in [0.717, 1.165) is 30.9 Å². The van der Waals surface area contributed by atoms with Crippen LogP contribution < -0.4 is 15.5 Å². The van der Waals surface area contributed by atoms with E-state index in [4.69, 9.17) is 0 Å². The summed E-state index contributed by atoms with van der Waals surface area (Å²) in [4.78, 5) is 14.6. The van der Waals surface area contributed by atoms with Crippen molar-refractivity contribution in [1.29, 1.82) is 0 Å². The van der Waals surface area contributed by atoms with Crippen LogP contribution in [0.5, 0.6) is 0 Å². The topological polar surface area (TPSA) is 44.4 Å². The Labute approximate surface area is 150 Å². The Bertz CT molecular complexity index is 681. The lowest BCUT2D eigenvalue weighted by Crippen LogP contribution is -2.33. The van der Waals surface area contributed by atoms with Crippen molar-refractivity contribution in [3.05, 3.63) is 65.7 Å². The first kappa shape index (κ1) is 17.5. The summed E-state index contributed by atoms with van der Waals surface area (Å²) in [6.45, 7) is 3.51. The zero-order valence-electron chi connectivity index (χ0n) is 14.9. The second kappa shape index (κ2) is 8.67. The molecule has 1 fully saturated rings. The maximum absolute atomic E-state index is 12.5. The van der Waals surface area contributed by atoms with Crippen LogP contribution in [0, 0.1) is 0 Å². The highest BCUT2D eigenvalue weighted by Gasteiger charge is 2.16. The SMILES string of the molecule is CN(CCNC(=O)c1cccc([C@@H]2CCCNC2)c1)c1ccccc1. The van der Waals surface area contributed by atoms with Crippen molar-refractivity contribution in [3.63, 3.8) is 0 Å². The molecular formula is C21H27N3O. The molecule has 1 aliphatic rings. The Morgan fingerprint density at radius 1 is 1.20 bits per heavy atom. The molecule has 2 N–H and O–H groups in total. The molecule has 0 radical (unpaired) electrons. The predicted molar refractivity (Wildman–Crippen MR) is 103 cm³/mol. The first-order chi connectivity index (χ1) is 12.2. The minimum absolute atomic E-state index is 0.00656. The molecule has 25 heavy (non-hydrogen) atoms. The molecule has 1 saturated heterocycles. The molecule has 0 bridgehead atoms. The van der Waals surface area contributed by atoms with Crippen LogP contribution in [-0.2, 0) is 0 Å². The fraction of sp³-hybridized carbons (Fsp3) is 0.381. The van der Waals surface area contributed by atoms with Gasteiger partial charge in [0.05, 0.1) is 0 Å². The summed E-state index contributed by atoms with van der Waals surface area (Å²) >= 11 is 0. The number of hydrogen-bond acceptors (Lipinski definition) is 3. The number of nitrogens with zero attached hydrogens (tertiary/aromatic N) is 1. The van der Waals surface area contributed by atoms with Gasteiger partial charge in [0.15, 0.2) is 0 Å². The Morgan fingerprint density at radius 2 is 2.04 bits per heavy atom. The van der Waals surface area contributed by atoms with Crippen LogP contribution in [-0.4, -0.2) is 39.1 Å². The molecule has 2 aromatic rings. The summed E-state index contributed by atoms with van der Waals surface area (Å²) in [7, 11) is 2.04. The van der Waals surface area contributed by atoms with E-state index in [-0.39, 0.29) is 5.91 Å². The van der Waals surface area contributed by atoms with Gasteiger partial charge in [-0.25, -0.2) is 0 Å². The summed E-state index contributed by atoms with van der Waals surface area (Å²) in [5, 5.41) is 6.47. The second-order valence-corrected chi connectivity index (χ2v) is 6.68. The number of carbonyl (C=O) groups is 1. The monoisotopic (exact) mass is 337 g/mol. The van der Waals surface area contributed by atoms with Gasteiger partial charge in [0.1, 0.15) is 0 Å². The number of para-hydroxylation sites is 1. The van der Waals surface area contributed by atoms with Gasteiger partial charge in [-0.05, 0) is 55.1 Å². The number of hydrogen-bond donors (Lipinski definition) is 2. The van der Waals surface area contributed by atoms with Gasteiger partial charge in [0.2, 0.25) is 0 Å². The molecule has 4 heteroatoms. The second-order valence-electron chi connectivity index (χ2n) is 6.68. The molecule has 1 aliphatic heterocycles. The highest BCUT2D eigenvalue weighted by Crippen LogP contribution is 2.23. The van der Waals surface area contributed by atoms with E-state index in [1.807, 2.05) is 43.4 Å². The maximum Gasteiger partial charge on any atom is 0.251 e. The molecule has 0 spiro atoms. The highest BCUT2D eigenvalue weighted by atomic mass is 16.1. The van der Waals surface area contributed by atoms with E-state index >= 15 is 0 Å². The van der Waals surface area contributed by atoms with Crippen molar-refractivity contribution in [2.45, 2.75) is 18.8 Å². The van der Waals surface area contributed by atoms with Crippen LogP contribution in [0.25, 0.3) is 0 Å². The lowest BCUT2D eigenvalue weighted by molar-refractivity contribution is 0.0954. The van der Waals surface area contributed by atoms with Gasteiger partial charge < -0.3 is 15.5 Å². The van der Waals surface area contributed by atoms with E-state index in [0.29, 0.717) is 12.5 Å². The molecule has 1 amide bonds. The summed E-state index contributed by atoms with van der Waals surface area (Å²) in [5.74, 6) is 0.526. The molecule has 0 unspecified atom stereocenters. The summed E-state index contributed by atoms with van der Waals surface area (Å²) in [6.07, 6.45) is 2.40. The number of benzene rings is 2. The molecule has 1 atom stereocenters. The normalized spacial score (nSPS) is 17.1. The van der Waals surface area contributed by atoms with E-state index in [1.165, 1.54) is 18.4 Å². The number of piperidine rings is 1. The quantitative estimate of drug-likeness (QED) is 0.852. The number of carbonyl (C=O) groups excluding carboxylic acids is 1. The number of rotatable bonds is 6. The Hall–Kier alpha value is -2.33. The number of nitrogens with one attached hydrogen (secondary N) is 2. The highest BCUT2D eigenvalue weighted by molar-refractivity contribution is 5.94. The molecular weight excluding hydrogens is 310 g/mol. The molecule has 1 heterocycles. The first-order valence-electron chi connectivity index (χ1n) is 9.09. The van der Waals surface area contributed by atoms with Gasteiger partial charge in [0, 0.05) is 37.9 Å². The van der Waals surface area contributed by atoms with Crippen LogP contribution >= 0.6 is 0 Å². The van der Waals surface area contributed by atoms with E-state index in [9.17, 15) is 4.79 Å². The van der Waals surface area contributed by atoms with Crippen molar-refractivity contribution in [2.24, 2.45) is 0 Å². The van der Waals surface area contributed by atoms with Crippen LogP contribution in [0.2, 0.25) is 0 Å². The number of anilines is 1. The Balaban J connectivity index is 1.53. The largest absolute Gasteiger partial charge is 0.373 e. The lowest BCUT2D eigenvalue weighted by Gasteiger charge is -2.23. The number of amides is 1. The van der Waals surface area contributed by atoms with E-state index < -0.39 is 0 Å². The Morgan fingerprint density at radius 3 is 2.80 bits per heavy atom. The molecule has 132 valence electrons. The average molecular weight is 337 g/mol. The summed E-state index contributed by atoms with van der Waals surface area (Å²) in [6, 6.07) is 18.3. The molecule has 0 aliphatic carbocycles. The Kier molecular flexibility index (Phi) is 6.07. The molecule has 4 nitrogen and oxygen atoms in total. The molecule has 0 saturated carbocycles. The molecule has 3 rings (SSSR count). The lowest BCUT2D eigenvalue weighted by atomic mass is 9.90. The average Bonchev–Trinajstić information content (AvgIpc) is 2.69.